The molecule has 1 nitrogen and oxygen atoms in total. The molecule has 1 aliphatic carbocycles. The third-order valence-corrected chi connectivity index (χ3v) is 2.94. The average Bonchev–Trinajstić information content (AvgIpc) is 1.95. The van der Waals surface area contributed by atoms with Crippen LogP contribution in [0.25, 0.3) is 0 Å². The normalized spacial score (nSPS) is 30.5. The van der Waals surface area contributed by atoms with Crippen LogP contribution in [-0.2, 0) is 0 Å². The molecule has 1 fully saturated rings. The molecule has 0 aromatic carbocycles. The van der Waals surface area contributed by atoms with E-state index in [-0.39, 0.29) is 12.0 Å². The van der Waals surface area contributed by atoms with Crippen LogP contribution in [0.15, 0.2) is 12.2 Å². The first-order valence-corrected chi connectivity index (χ1v) is 4.38. The minimum Gasteiger partial charge on any atom is -0.396 e. The summed E-state index contributed by atoms with van der Waals surface area (Å²) >= 11 is 0. The van der Waals surface area contributed by atoms with E-state index in [1.807, 2.05) is 0 Å². The SMILES string of the molecule is C=C1C(CO)CCCC1(C)C. The predicted molar refractivity (Wildman–Crippen MR) is 47.3 cm³/mol. The molecule has 1 aliphatic rings. The van der Waals surface area contributed by atoms with Gasteiger partial charge in [0.2, 0.25) is 0 Å². The highest BCUT2D eigenvalue weighted by Crippen LogP contribution is 2.41. The van der Waals surface area contributed by atoms with E-state index < -0.39 is 0 Å². The Morgan fingerprint density at radius 1 is 1.64 bits per heavy atom. The second-order valence-electron chi connectivity index (χ2n) is 4.18. The first-order chi connectivity index (χ1) is 5.08. The fraction of sp³-hybridized carbons (Fsp3) is 0.800. The molecule has 11 heavy (non-hydrogen) atoms. The smallest absolute Gasteiger partial charge is 0.0496 e. The molecular weight excluding hydrogens is 136 g/mol. The van der Waals surface area contributed by atoms with Crippen molar-refractivity contribution < 1.29 is 5.11 Å². The van der Waals surface area contributed by atoms with Crippen molar-refractivity contribution in [2.45, 2.75) is 33.1 Å². The number of aliphatic hydroxyl groups is 1. The molecular formula is C10H18O. The van der Waals surface area contributed by atoms with Gasteiger partial charge in [0.15, 0.2) is 0 Å². The fourth-order valence-electron chi connectivity index (χ4n) is 1.88. The van der Waals surface area contributed by atoms with E-state index in [1.54, 1.807) is 0 Å². The number of aliphatic hydroxyl groups excluding tert-OH is 1. The summed E-state index contributed by atoms with van der Waals surface area (Å²) in [7, 11) is 0. The van der Waals surface area contributed by atoms with Gasteiger partial charge in [-0.3, -0.25) is 0 Å². The maximum Gasteiger partial charge on any atom is 0.0496 e. The summed E-state index contributed by atoms with van der Waals surface area (Å²) in [4.78, 5) is 0. The van der Waals surface area contributed by atoms with Crippen LogP contribution in [0, 0.1) is 11.3 Å². The lowest BCUT2D eigenvalue weighted by molar-refractivity contribution is 0.185. The molecule has 1 heteroatoms. The maximum atomic E-state index is 9.03. The Hall–Kier alpha value is -0.300. The van der Waals surface area contributed by atoms with Gasteiger partial charge in [-0.15, -0.1) is 0 Å². The summed E-state index contributed by atoms with van der Waals surface area (Å²) in [6, 6.07) is 0. The molecule has 0 radical (unpaired) electrons. The number of hydrogen-bond acceptors (Lipinski definition) is 1. The van der Waals surface area contributed by atoms with Crippen molar-refractivity contribution in [1.82, 2.24) is 0 Å². The van der Waals surface area contributed by atoms with E-state index in [0.29, 0.717) is 5.92 Å². The largest absolute Gasteiger partial charge is 0.396 e. The quantitative estimate of drug-likeness (QED) is 0.575. The molecule has 1 N–H and O–H groups in total. The minimum atomic E-state index is 0.256. The first-order valence-electron chi connectivity index (χ1n) is 4.38. The Morgan fingerprint density at radius 3 is 2.73 bits per heavy atom. The van der Waals surface area contributed by atoms with Crippen LogP contribution in [0.1, 0.15) is 33.1 Å². The Bertz CT molecular complexity index is 158. The van der Waals surface area contributed by atoms with Crippen molar-refractivity contribution in [3.63, 3.8) is 0 Å². The standard InChI is InChI=1S/C10H18O/c1-8-9(7-11)5-4-6-10(8,2)3/h9,11H,1,4-7H2,2-3H3. The number of hydrogen-bond donors (Lipinski definition) is 1. The summed E-state index contributed by atoms with van der Waals surface area (Å²) in [6.07, 6.45) is 3.58. The van der Waals surface area contributed by atoms with Crippen LogP contribution in [0.4, 0.5) is 0 Å². The van der Waals surface area contributed by atoms with Gasteiger partial charge in [-0.25, -0.2) is 0 Å². The lowest BCUT2D eigenvalue weighted by Gasteiger charge is -2.37. The van der Waals surface area contributed by atoms with Crippen molar-refractivity contribution in [2.75, 3.05) is 6.61 Å². The molecule has 0 spiro atoms. The van der Waals surface area contributed by atoms with Gasteiger partial charge in [-0.1, -0.05) is 32.4 Å². The highest BCUT2D eigenvalue weighted by Gasteiger charge is 2.31. The van der Waals surface area contributed by atoms with E-state index in [4.69, 9.17) is 5.11 Å². The molecule has 0 bridgehead atoms. The molecule has 0 heterocycles. The number of rotatable bonds is 1. The van der Waals surface area contributed by atoms with Crippen LogP contribution in [0.5, 0.6) is 0 Å². The van der Waals surface area contributed by atoms with Gasteiger partial charge in [0.25, 0.3) is 0 Å². The van der Waals surface area contributed by atoms with Gasteiger partial charge in [-0.2, -0.15) is 0 Å². The molecule has 1 rings (SSSR count). The van der Waals surface area contributed by atoms with E-state index in [0.717, 1.165) is 6.42 Å². The van der Waals surface area contributed by atoms with Crippen LogP contribution < -0.4 is 0 Å². The Labute approximate surface area is 69.1 Å². The summed E-state index contributed by atoms with van der Waals surface area (Å²) in [5.41, 5.74) is 1.50. The molecule has 0 saturated heterocycles. The van der Waals surface area contributed by atoms with Crippen molar-refractivity contribution in [2.24, 2.45) is 11.3 Å². The lowest BCUT2D eigenvalue weighted by atomic mass is 9.69. The summed E-state index contributed by atoms with van der Waals surface area (Å²) in [5, 5.41) is 9.03. The predicted octanol–water partition coefficient (Wildman–Crippen LogP) is 2.36. The second-order valence-corrected chi connectivity index (χ2v) is 4.18. The molecule has 0 aliphatic heterocycles. The summed E-state index contributed by atoms with van der Waals surface area (Å²) < 4.78 is 0. The molecule has 64 valence electrons. The van der Waals surface area contributed by atoms with Gasteiger partial charge in [-0.05, 0) is 18.3 Å². The zero-order valence-corrected chi connectivity index (χ0v) is 7.56. The molecule has 0 aromatic rings. The van der Waals surface area contributed by atoms with Crippen molar-refractivity contribution in [3.05, 3.63) is 12.2 Å². The molecule has 0 aromatic heterocycles. The van der Waals surface area contributed by atoms with Crippen LogP contribution in [-0.4, -0.2) is 11.7 Å². The monoisotopic (exact) mass is 154 g/mol. The molecule has 1 atom stereocenters. The molecule has 1 saturated carbocycles. The summed E-state index contributed by atoms with van der Waals surface area (Å²) in [6.45, 7) is 8.78. The van der Waals surface area contributed by atoms with Gasteiger partial charge in [0.05, 0.1) is 0 Å². The lowest BCUT2D eigenvalue weighted by Crippen LogP contribution is -2.27. The second kappa shape index (κ2) is 2.98. The van der Waals surface area contributed by atoms with Gasteiger partial charge < -0.3 is 5.11 Å². The Balaban J connectivity index is 2.68. The van der Waals surface area contributed by atoms with Gasteiger partial charge in [0.1, 0.15) is 0 Å². The zero-order valence-electron chi connectivity index (χ0n) is 7.56. The average molecular weight is 154 g/mol. The highest BCUT2D eigenvalue weighted by molar-refractivity contribution is 5.13. The van der Waals surface area contributed by atoms with Gasteiger partial charge in [0, 0.05) is 12.5 Å². The highest BCUT2D eigenvalue weighted by atomic mass is 16.3. The summed E-state index contributed by atoms with van der Waals surface area (Å²) in [5.74, 6) is 0.360. The van der Waals surface area contributed by atoms with Crippen molar-refractivity contribution in [3.8, 4) is 0 Å². The minimum absolute atomic E-state index is 0.256. The van der Waals surface area contributed by atoms with Crippen LogP contribution in [0.3, 0.4) is 0 Å². The van der Waals surface area contributed by atoms with Crippen LogP contribution >= 0.6 is 0 Å². The van der Waals surface area contributed by atoms with E-state index in [2.05, 4.69) is 20.4 Å². The maximum absolute atomic E-state index is 9.03. The molecule has 1 unspecified atom stereocenters. The van der Waals surface area contributed by atoms with Crippen LogP contribution in [0.2, 0.25) is 0 Å². The van der Waals surface area contributed by atoms with Gasteiger partial charge >= 0.3 is 0 Å². The third kappa shape index (κ3) is 1.64. The topological polar surface area (TPSA) is 20.2 Å². The van der Waals surface area contributed by atoms with E-state index in [1.165, 1.54) is 18.4 Å². The fourth-order valence-corrected chi connectivity index (χ4v) is 1.88. The first kappa shape index (κ1) is 8.79. The molecule has 0 amide bonds. The van der Waals surface area contributed by atoms with E-state index >= 15 is 0 Å². The Kier molecular flexibility index (Phi) is 2.38. The third-order valence-electron chi connectivity index (χ3n) is 2.94. The van der Waals surface area contributed by atoms with Crippen molar-refractivity contribution >= 4 is 0 Å². The Morgan fingerprint density at radius 2 is 2.27 bits per heavy atom. The zero-order chi connectivity index (χ0) is 8.48. The van der Waals surface area contributed by atoms with E-state index in [9.17, 15) is 0 Å². The van der Waals surface area contributed by atoms with Crippen molar-refractivity contribution in [1.29, 1.82) is 0 Å².